The van der Waals surface area contributed by atoms with E-state index in [0.717, 1.165) is 89.4 Å². The Morgan fingerprint density at radius 1 is 0.373 bits per heavy atom. The fraction of sp³-hybridized carbons (Fsp3) is 0.0435. The van der Waals surface area contributed by atoms with Crippen LogP contribution < -0.4 is 0 Å². The van der Waals surface area contributed by atoms with Crippen LogP contribution in [0.3, 0.4) is 0 Å². The lowest BCUT2D eigenvalue weighted by Gasteiger charge is -2.07. The molecule has 244 valence electrons. The molecule has 51 heavy (non-hydrogen) atoms. The van der Waals surface area contributed by atoms with Gasteiger partial charge in [0.2, 0.25) is 0 Å². The Labute approximate surface area is 296 Å². The van der Waals surface area contributed by atoms with Gasteiger partial charge in [-0.2, -0.15) is 0 Å². The molecule has 7 aromatic rings. The predicted molar refractivity (Wildman–Crippen MR) is 210 cm³/mol. The number of H-pyrrole nitrogens is 2. The maximum atomic E-state index is 6.39. The lowest BCUT2D eigenvalue weighted by atomic mass is 10.0. The molecule has 3 aromatic heterocycles. The Morgan fingerprint density at radius 2 is 0.745 bits per heavy atom. The van der Waals surface area contributed by atoms with Crippen molar-refractivity contribution in [2.24, 2.45) is 0 Å². The van der Waals surface area contributed by atoms with Gasteiger partial charge in [-0.05, 0) is 70.8 Å². The Morgan fingerprint density at radius 3 is 1.22 bits per heavy atom. The fourth-order valence-corrected chi connectivity index (χ4v) is 6.99. The fourth-order valence-electron chi connectivity index (χ4n) is 6.99. The van der Waals surface area contributed by atoms with Crippen LogP contribution in [0.5, 0.6) is 0 Å². The Balaban J connectivity index is 1.37. The molecule has 0 aliphatic carbocycles. The van der Waals surface area contributed by atoms with Gasteiger partial charge in [0.05, 0.1) is 36.0 Å². The lowest BCUT2D eigenvalue weighted by Crippen LogP contribution is -1.97. The monoisotopic (exact) mass is 658 g/mol. The summed E-state index contributed by atoms with van der Waals surface area (Å²) in [5.74, 6) is 0. The molecule has 8 bridgehead atoms. The number of rotatable bonds is 7. The summed E-state index contributed by atoms with van der Waals surface area (Å²) in [6.07, 6.45) is 8.48. The van der Waals surface area contributed by atoms with Crippen molar-refractivity contribution in [3.05, 3.63) is 179 Å². The van der Waals surface area contributed by atoms with Crippen LogP contribution in [0.15, 0.2) is 146 Å². The zero-order chi connectivity index (χ0) is 34.0. The molecule has 9 rings (SSSR count). The summed E-state index contributed by atoms with van der Waals surface area (Å²) in [5.41, 5.74) is 15.9. The smallest absolute Gasteiger partial charge is 0.0763 e. The molecule has 0 unspecified atom stereocenters. The molecule has 5 heterocycles. The van der Waals surface area contributed by atoms with Gasteiger partial charge in [-0.25, -0.2) is 9.97 Å². The van der Waals surface area contributed by atoms with Crippen LogP contribution in [0.1, 0.15) is 33.9 Å². The maximum absolute atomic E-state index is 6.39. The van der Waals surface area contributed by atoms with Crippen molar-refractivity contribution in [3.63, 3.8) is 0 Å². The molecule has 0 radical (unpaired) electrons. The first-order chi connectivity index (χ1) is 25.3. The van der Waals surface area contributed by atoms with Gasteiger partial charge in [0.25, 0.3) is 0 Å². The van der Waals surface area contributed by atoms with Gasteiger partial charge in [0, 0.05) is 44.3 Å². The van der Waals surface area contributed by atoms with Gasteiger partial charge >= 0.3 is 0 Å². The van der Waals surface area contributed by atoms with Gasteiger partial charge < -0.3 is 14.7 Å². The summed E-state index contributed by atoms with van der Waals surface area (Å²) in [7, 11) is 0. The van der Waals surface area contributed by atoms with Gasteiger partial charge in [-0.15, -0.1) is 0 Å². The SMILES string of the molecule is C1=Cc2nc1c(COCc1ccccc1)c1ccc([nH]1)c(-c1ccccc1)c1nc(c(-c3ccccc3)c3ccc([nH]3)c2-c2ccccc2)C=C1. The number of benzene rings is 4. The van der Waals surface area contributed by atoms with Gasteiger partial charge in [0.15, 0.2) is 0 Å². The minimum Gasteiger partial charge on any atom is -0.372 e. The second-order valence-corrected chi connectivity index (χ2v) is 12.7. The third kappa shape index (κ3) is 6.01. The van der Waals surface area contributed by atoms with Crippen LogP contribution in [0.2, 0.25) is 0 Å². The quantitative estimate of drug-likeness (QED) is 0.179. The molecule has 0 fully saturated rings. The van der Waals surface area contributed by atoms with E-state index in [1.165, 1.54) is 0 Å². The molecule has 5 nitrogen and oxygen atoms in total. The molecule has 2 aliphatic rings. The van der Waals surface area contributed by atoms with E-state index in [-0.39, 0.29) is 0 Å². The standard InChI is InChI=1S/C46H34N4O/c1-5-13-31(14-6-1)29-51-30-35-36-21-23-38(47-36)44(32-15-7-2-8-16-32)40-25-27-42(49-40)46(34-19-11-4-12-20-34)43-28-26-41(50-43)45(33-17-9-3-10-18-33)39-24-22-37(35)48-39/h1-28,47,50H,29-30H2. The van der Waals surface area contributed by atoms with Crippen molar-refractivity contribution >= 4 is 46.4 Å². The number of aromatic amines is 2. The highest BCUT2D eigenvalue weighted by Gasteiger charge is 2.18. The number of hydrogen-bond donors (Lipinski definition) is 2. The van der Waals surface area contributed by atoms with Gasteiger partial charge in [-0.1, -0.05) is 121 Å². The molecular weight excluding hydrogens is 625 g/mol. The van der Waals surface area contributed by atoms with E-state index in [4.69, 9.17) is 14.7 Å². The third-order valence-electron chi connectivity index (χ3n) is 9.41. The summed E-state index contributed by atoms with van der Waals surface area (Å²) < 4.78 is 6.39. The van der Waals surface area contributed by atoms with Crippen molar-refractivity contribution in [2.45, 2.75) is 13.2 Å². The second kappa shape index (κ2) is 13.4. The highest BCUT2D eigenvalue weighted by atomic mass is 16.5. The molecule has 0 saturated carbocycles. The van der Waals surface area contributed by atoms with Crippen molar-refractivity contribution < 1.29 is 4.74 Å². The summed E-state index contributed by atoms with van der Waals surface area (Å²) in [6.45, 7) is 0.882. The molecule has 2 aliphatic heterocycles. The maximum Gasteiger partial charge on any atom is 0.0763 e. The van der Waals surface area contributed by atoms with Crippen molar-refractivity contribution in [3.8, 4) is 33.4 Å². The summed E-state index contributed by atoms with van der Waals surface area (Å²) in [5, 5.41) is 0. The molecule has 4 aromatic carbocycles. The molecule has 2 N–H and O–H groups in total. The van der Waals surface area contributed by atoms with Crippen LogP contribution in [0.25, 0.3) is 79.8 Å². The lowest BCUT2D eigenvalue weighted by molar-refractivity contribution is 0.107. The molecule has 0 atom stereocenters. The van der Waals surface area contributed by atoms with E-state index >= 15 is 0 Å². The van der Waals surface area contributed by atoms with Crippen LogP contribution in [-0.4, -0.2) is 19.9 Å². The van der Waals surface area contributed by atoms with Crippen LogP contribution in [-0.2, 0) is 18.0 Å². The number of nitrogens with one attached hydrogen (secondary N) is 2. The highest BCUT2D eigenvalue weighted by Crippen LogP contribution is 2.36. The van der Waals surface area contributed by atoms with E-state index in [9.17, 15) is 0 Å². The van der Waals surface area contributed by atoms with Crippen molar-refractivity contribution in [1.82, 2.24) is 19.9 Å². The molecule has 0 saturated heterocycles. The average Bonchev–Trinajstić information content (AvgIpc) is 4.02. The second-order valence-electron chi connectivity index (χ2n) is 12.7. The Hall–Kier alpha value is -6.56. The Bertz CT molecular complexity index is 2550. The van der Waals surface area contributed by atoms with E-state index < -0.39 is 0 Å². The summed E-state index contributed by atoms with van der Waals surface area (Å²) >= 11 is 0. The predicted octanol–water partition coefficient (Wildman–Crippen LogP) is 11.4. The number of hydrogen-bond acceptors (Lipinski definition) is 3. The third-order valence-corrected chi connectivity index (χ3v) is 9.41. The zero-order valence-corrected chi connectivity index (χ0v) is 27.9. The largest absolute Gasteiger partial charge is 0.372 e. The summed E-state index contributed by atoms with van der Waals surface area (Å²) in [6, 6.07) is 50.3. The van der Waals surface area contributed by atoms with E-state index in [0.29, 0.717) is 13.2 Å². The summed E-state index contributed by atoms with van der Waals surface area (Å²) in [4.78, 5) is 18.2. The van der Waals surface area contributed by atoms with E-state index in [1.807, 2.05) is 36.4 Å². The van der Waals surface area contributed by atoms with Crippen LogP contribution >= 0.6 is 0 Å². The first-order valence-corrected chi connectivity index (χ1v) is 17.2. The van der Waals surface area contributed by atoms with Crippen molar-refractivity contribution in [2.75, 3.05) is 0 Å². The molecular formula is C46H34N4O. The highest BCUT2D eigenvalue weighted by molar-refractivity contribution is 5.97. The van der Waals surface area contributed by atoms with E-state index in [1.54, 1.807) is 0 Å². The number of aromatic nitrogens is 4. The first-order valence-electron chi connectivity index (χ1n) is 17.2. The topological polar surface area (TPSA) is 66.6 Å². The molecule has 5 heteroatoms. The normalized spacial score (nSPS) is 12.0. The number of fused-ring (bicyclic) bond motifs is 8. The minimum absolute atomic E-state index is 0.382. The van der Waals surface area contributed by atoms with Crippen LogP contribution in [0.4, 0.5) is 0 Å². The van der Waals surface area contributed by atoms with Crippen LogP contribution in [0, 0.1) is 0 Å². The van der Waals surface area contributed by atoms with Crippen molar-refractivity contribution in [1.29, 1.82) is 0 Å². The molecule has 0 spiro atoms. The van der Waals surface area contributed by atoms with Gasteiger partial charge in [-0.3, -0.25) is 0 Å². The molecule has 0 amide bonds. The van der Waals surface area contributed by atoms with Gasteiger partial charge in [0.1, 0.15) is 0 Å². The average molecular weight is 659 g/mol. The Kier molecular flexibility index (Phi) is 8.01. The zero-order valence-electron chi connectivity index (χ0n) is 27.9. The minimum atomic E-state index is 0.382. The first kappa shape index (κ1) is 30.5. The number of ether oxygens (including phenoxy) is 1. The van der Waals surface area contributed by atoms with E-state index in [2.05, 4.69) is 143 Å². The number of nitrogens with zero attached hydrogens (tertiary/aromatic N) is 2.